The van der Waals surface area contributed by atoms with Gasteiger partial charge in [0.25, 0.3) is 0 Å². The molecule has 0 aliphatic heterocycles. The van der Waals surface area contributed by atoms with Crippen molar-refractivity contribution in [1.29, 1.82) is 0 Å². The fourth-order valence-corrected chi connectivity index (χ4v) is 5.19. The molecule has 3 heteroatoms. The molecule has 0 aliphatic carbocycles. The minimum atomic E-state index is 1.20. The van der Waals surface area contributed by atoms with E-state index in [1.54, 1.807) is 0 Å². The molecule has 29 heavy (non-hydrogen) atoms. The third-order valence-electron chi connectivity index (χ3n) is 5.82. The summed E-state index contributed by atoms with van der Waals surface area (Å²) in [5, 5.41) is 2.80. The van der Waals surface area contributed by atoms with Gasteiger partial charge in [-0.3, -0.25) is 0 Å². The van der Waals surface area contributed by atoms with Crippen molar-refractivity contribution < 1.29 is 0 Å². The van der Waals surface area contributed by atoms with Crippen LogP contribution in [0, 0.1) is 0 Å². The Kier molecular flexibility index (Phi) is 7.36. The highest BCUT2D eigenvalue weighted by molar-refractivity contribution is 7.99. The Balaban J connectivity index is 1.02. The topological polar surface area (TPSA) is 31.6 Å². The largest absolute Gasteiger partial charge is 0.361 e. The zero-order valence-corrected chi connectivity index (χ0v) is 18.1. The number of H-pyrrole nitrogens is 2. The van der Waals surface area contributed by atoms with E-state index in [-0.39, 0.29) is 0 Å². The molecule has 0 fully saturated rings. The number of hydrogen-bond acceptors (Lipinski definition) is 1. The van der Waals surface area contributed by atoms with E-state index >= 15 is 0 Å². The van der Waals surface area contributed by atoms with Crippen molar-refractivity contribution in [3.63, 3.8) is 0 Å². The lowest BCUT2D eigenvalue weighted by Crippen LogP contribution is -1.89. The molecule has 2 heterocycles. The second-order valence-electron chi connectivity index (χ2n) is 7.95. The molecule has 2 N–H and O–H groups in total. The number of fused-ring (bicyclic) bond motifs is 2. The molecule has 2 aromatic heterocycles. The first-order valence-corrected chi connectivity index (χ1v) is 12.2. The Hall–Kier alpha value is -2.13. The fourth-order valence-electron chi connectivity index (χ4n) is 4.17. The Morgan fingerprint density at radius 3 is 1.55 bits per heavy atom. The van der Waals surface area contributed by atoms with Crippen molar-refractivity contribution >= 4 is 33.6 Å². The van der Waals surface area contributed by atoms with Gasteiger partial charge in [0.1, 0.15) is 0 Å². The molecule has 4 aromatic rings. The van der Waals surface area contributed by atoms with Gasteiger partial charge < -0.3 is 9.97 Å². The molecule has 0 atom stereocenters. The molecule has 4 rings (SSSR count). The summed E-state index contributed by atoms with van der Waals surface area (Å²) in [5.74, 6) is 2.63. The maximum Gasteiger partial charge on any atom is 0.0456 e. The van der Waals surface area contributed by atoms with Crippen molar-refractivity contribution in [3.05, 3.63) is 72.1 Å². The van der Waals surface area contributed by atoms with Gasteiger partial charge in [0.05, 0.1) is 0 Å². The molecule has 0 amide bonds. The Bertz CT molecular complexity index is 932. The highest BCUT2D eigenvalue weighted by Crippen LogP contribution is 2.21. The molecule has 0 spiro atoms. The lowest BCUT2D eigenvalue weighted by atomic mass is 10.1. The highest BCUT2D eigenvalue weighted by atomic mass is 32.2. The van der Waals surface area contributed by atoms with E-state index in [1.165, 1.54) is 95.8 Å². The third kappa shape index (κ3) is 5.48. The summed E-state index contributed by atoms with van der Waals surface area (Å²) < 4.78 is 0. The lowest BCUT2D eigenvalue weighted by Gasteiger charge is -2.03. The van der Waals surface area contributed by atoms with E-state index in [9.17, 15) is 0 Å². The lowest BCUT2D eigenvalue weighted by molar-refractivity contribution is 0.717. The monoisotopic (exact) mass is 404 g/mol. The van der Waals surface area contributed by atoms with Crippen molar-refractivity contribution in [2.75, 3.05) is 11.5 Å². The van der Waals surface area contributed by atoms with Gasteiger partial charge in [-0.1, -0.05) is 49.2 Å². The minimum absolute atomic E-state index is 1.20. The molecule has 2 nitrogen and oxygen atoms in total. The van der Waals surface area contributed by atoms with Crippen molar-refractivity contribution in [2.45, 2.75) is 51.4 Å². The Morgan fingerprint density at radius 2 is 1.03 bits per heavy atom. The molecule has 0 aliphatic rings. The van der Waals surface area contributed by atoms with Crippen LogP contribution < -0.4 is 0 Å². The van der Waals surface area contributed by atoms with Crippen LogP contribution in [0.4, 0.5) is 0 Å². The van der Waals surface area contributed by atoms with Gasteiger partial charge >= 0.3 is 0 Å². The summed E-state index contributed by atoms with van der Waals surface area (Å²) in [5.41, 5.74) is 5.48. The molecule has 152 valence electrons. The number of aromatic amines is 2. The average molecular weight is 405 g/mol. The van der Waals surface area contributed by atoms with Crippen molar-refractivity contribution in [3.8, 4) is 0 Å². The molecule has 2 aromatic carbocycles. The molecule has 0 bridgehead atoms. The summed E-state index contributed by atoms with van der Waals surface area (Å²) in [6.07, 6.45) is 14.8. The van der Waals surface area contributed by atoms with E-state index in [1.807, 2.05) is 0 Å². The van der Waals surface area contributed by atoms with Crippen LogP contribution in [-0.4, -0.2) is 21.5 Å². The van der Waals surface area contributed by atoms with Crippen molar-refractivity contribution in [2.24, 2.45) is 0 Å². The number of aromatic nitrogens is 2. The van der Waals surface area contributed by atoms with Gasteiger partial charge in [-0.05, 0) is 73.3 Å². The van der Waals surface area contributed by atoms with Crippen molar-refractivity contribution in [1.82, 2.24) is 9.97 Å². The standard InChI is InChI=1S/C26H32N2S/c1(3-11-21-19-27-25-15-7-5-13-23(21)25)9-17-29-18-10-2-4-12-22-20-28-26-16-8-6-14-24(22)26/h5-8,13-16,19-20,27-28H,1-4,9-12,17-18H2. The van der Waals surface area contributed by atoms with Gasteiger partial charge in [-0.15, -0.1) is 0 Å². The third-order valence-corrected chi connectivity index (χ3v) is 6.97. The SMILES string of the molecule is c1ccc2c(CCCCCSCCCCCc3c[nH]c4ccccc34)c[nH]c2c1. The van der Waals surface area contributed by atoms with Crippen LogP contribution in [-0.2, 0) is 12.8 Å². The number of hydrogen-bond donors (Lipinski definition) is 2. The first kappa shape index (κ1) is 20.2. The predicted molar refractivity (Wildman–Crippen MR) is 129 cm³/mol. The van der Waals surface area contributed by atoms with Gasteiger partial charge in [0.15, 0.2) is 0 Å². The van der Waals surface area contributed by atoms with Gasteiger partial charge in [0.2, 0.25) is 0 Å². The molecular formula is C26H32N2S. The summed E-state index contributed by atoms with van der Waals surface area (Å²) >= 11 is 2.14. The zero-order chi connectivity index (χ0) is 19.7. The molecule has 0 saturated heterocycles. The predicted octanol–water partition coefficient (Wildman–Crippen LogP) is 7.51. The molecular weight excluding hydrogens is 372 g/mol. The number of nitrogens with one attached hydrogen (secondary N) is 2. The highest BCUT2D eigenvalue weighted by Gasteiger charge is 2.03. The van der Waals surface area contributed by atoms with Gasteiger partial charge in [-0.25, -0.2) is 0 Å². The van der Waals surface area contributed by atoms with E-state index < -0.39 is 0 Å². The number of para-hydroxylation sites is 2. The average Bonchev–Trinajstić information content (AvgIpc) is 3.36. The second-order valence-corrected chi connectivity index (χ2v) is 9.18. The summed E-state index contributed by atoms with van der Waals surface area (Å²) in [6.45, 7) is 0. The van der Waals surface area contributed by atoms with Crippen LogP contribution in [0.25, 0.3) is 21.8 Å². The minimum Gasteiger partial charge on any atom is -0.361 e. The maximum absolute atomic E-state index is 3.39. The smallest absolute Gasteiger partial charge is 0.0456 e. The van der Waals surface area contributed by atoms with Crippen LogP contribution >= 0.6 is 11.8 Å². The second kappa shape index (κ2) is 10.6. The zero-order valence-electron chi connectivity index (χ0n) is 17.3. The van der Waals surface area contributed by atoms with Gasteiger partial charge in [0, 0.05) is 34.2 Å². The first-order valence-electron chi connectivity index (χ1n) is 11.1. The van der Waals surface area contributed by atoms with Crippen LogP contribution in [0.1, 0.15) is 49.7 Å². The first-order chi connectivity index (χ1) is 14.4. The molecule has 0 saturated carbocycles. The van der Waals surface area contributed by atoms with E-state index in [0.717, 1.165) is 0 Å². The Labute approximate surface area is 178 Å². The van der Waals surface area contributed by atoms with E-state index in [2.05, 4.69) is 82.7 Å². The molecule has 0 radical (unpaired) electrons. The number of rotatable bonds is 12. The van der Waals surface area contributed by atoms with Crippen LogP contribution in [0.3, 0.4) is 0 Å². The quantitative estimate of drug-likeness (QED) is 0.235. The van der Waals surface area contributed by atoms with Crippen LogP contribution in [0.5, 0.6) is 0 Å². The van der Waals surface area contributed by atoms with Crippen LogP contribution in [0.15, 0.2) is 60.9 Å². The number of benzene rings is 2. The number of unbranched alkanes of at least 4 members (excludes halogenated alkanes) is 4. The number of aryl methyl sites for hydroxylation is 2. The van der Waals surface area contributed by atoms with E-state index in [4.69, 9.17) is 0 Å². The molecule has 0 unspecified atom stereocenters. The van der Waals surface area contributed by atoms with E-state index in [0.29, 0.717) is 0 Å². The maximum atomic E-state index is 3.39. The number of thioether (sulfide) groups is 1. The van der Waals surface area contributed by atoms with Gasteiger partial charge in [-0.2, -0.15) is 11.8 Å². The fraction of sp³-hybridized carbons (Fsp3) is 0.385. The normalized spacial score (nSPS) is 11.6. The summed E-state index contributed by atoms with van der Waals surface area (Å²) in [4.78, 5) is 6.77. The Morgan fingerprint density at radius 1 is 0.552 bits per heavy atom. The summed E-state index contributed by atoms with van der Waals surface area (Å²) in [6, 6.07) is 17.3. The van der Waals surface area contributed by atoms with Crippen LogP contribution in [0.2, 0.25) is 0 Å². The summed E-state index contributed by atoms with van der Waals surface area (Å²) in [7, 11) is 0.